The van der Waals surface area contributed by atoms with Gasteiger partial charge >= 0.3 is 0 Å². The number of halogens is 2. The summed E-state index contributed by atoms with van der Waals surface area (Å²) in [4.78, 5) is 13.7. The van der Waals surface area contributed by atoms with E-state index in [0.717, 1.165) is 23.3 Å². The molecule has 0 aliphatic carbocycles. The predicted octanol–water partition coefficient (Wildman–Crippen LogP) is 5.30. The van der Waals surface area contributed by atoms with E-state index >= 15 is 0 Å². The summed E-state index contributed by atoms with van der Waals surface area (Å²) in [6, 6.07) is 22.0. The number of ketones is 1. The van der Waals surface area contributed by atoms with Crippen LogP contribution in [-0.4, -0.2) is 48.2 Å². The first-order valence-electron chi connectivity index (χ1n) is 11.9. The minimum absolute atomic E-state index is 0.0113. The van der Waals surface area contributed by atoms with Crippen LogP contribution in [0.15, 0.2) is 72.8 Å². The first-order chi connectivity index (χ1) is 17.5. The zero-order chi connectivity index (χ0) is 25.5. The number of carbonyl (C=O) groups excluding carboxylic acids is 1. The number of rotatable bonds is 8. The number of carbonyl (C=O) groups is 1. The monoisotopic (exact) mass is 510 g/mol. The lowest BCUT2D eigenvalue weighted by atomic mass is 9.99. The third-order valence-electron chi connectivity index (χ3n) is 6.01. The highest BCUT2D eigenvalue weighted by Gasteiger charge is 2.26. The summed E-state index contributed by atoms with van der Waals surface area (Å²) in [5.74, 6) is -2.68. The van der Waals surface area contributed by atoms with E-state index < -0.39 is 23.5 Å². The van der Waals surface area contributed by atoms with Crippen LogP contribution in [0.5, 0.6) is 5.75 Å². The van der Waals surface area contributed by atoms with Crippen LogP contribution in [0.4, 0.5) is 8.78 Å². The number of ether oxygens (including phenoxy) is 2. The lowest BCUT2D eigenvalue weighted by molar-refractivity contribution is -0.0300. The molecule has 1 N–H and O–H groups in total. The van der Waals surface area contributed by atoms with Gasteiger partial charge in [-0.2, -0.15) is 0 Å². The molecule has 1 atom stereocenters. The fraction of sp³-hybridized carbons (Fsp3) is 0.286. The maximum Gasteiger partial charge on any atom is 0.190 e. The Bertz CT molecular complexity index is 1130. The van der Waals surface area contributed by atoms with Crippen LogP contribution in [0.1, 0.15) is 40.9 Å². The van der Waals surface area contributed by atoms with Crippen LogP contribution in [0.2, 0.25) is 0 Å². The number of nitrogens with zero attached hydrogens (tertiary/aromatic N) is 1. The molecule has 0 spiro atoms. The van der Waals surface area contributed by atoms with Gasteiger partial charge < -0.3 is 19.7 Å². The molecular formula is C28H28F2N2O3S. The first-order valence-corrected chi connectivity index (χ1v) is 12.3. The zero-order valence-corrected chi connectivity index (χ0v) is 20.8. The molecule has 36 heavy (non-hydrogen) atoms. The summed E-state index contributed by atoms with van der Waals surface area (Å²) in [6.07, 6.45) is -0.282. The van der Waals surface area contributed by atoms with Crippen molar-refractivity contribution < 1.29 is 23.0 Å². The first kappa shape index (κ1) is 25.7. The Morgan fingerprint density at radius 3 is 2.22 bits per heavy atom. The Morgan fingerprint density at radius 2 is 1.67 bits per heavy atom. The fourth-order valence-electron chi connectivity index (χ4n) is 4.11. The molecule has 0 bridgehead atoms. The number of hydrogen-bond donors (Lipinski definition) is 1. The smallest absolute Gasteiger partial charge is 0.190 e. The van der Waals surface area contributed by atoms with Gasteiger partial charge in [-0.1, -0.05) is 67.6 Å². The summed E-state index contributed by atoms with van der Waals surface area (Å²) in [5, 5.41) is 4.02. The second-order valence-electron chi connectivity index (χ2n) is 8.50. The highest BCUT2D eigenvalue weighted by molar-refractivity contribution is 7.80. The third-order valence-corrected chi connectivity index (χ3v) is 6.39. The lowest BCUT2D eigenvalue weighted by Gasteiger charge is -2.36. The Kier molecular flexibility index (Phi) is 8.61. The van der Waals surface area contributed by atoms with Crippen LogP contribution in [-0.2, 0) is 4.74 Å². The quantitative estimate of drug-likeness (QED) is 0.328. The van der Waals surface area contributed by atoms with Gasteiger partial charge in [0, 0.05) is 25.1 Å². The van der Waals surface area contributed by atoms with Gasteiger partial charge in [-0.05, 0) is 35.5 Å². The Morgan fingerprint density at radius 1 is 1.08 bits per heavy atom. The van der Waals surface area contributed by atoms with E-state index in [1.165, 1.54) is 0 Å². The molecule has 3 aromatic carbocycles. The molecule has 8 heteroatoms. The van der Waals surface area contributed by atoms with Gasteiger partial charge in [0.05, 0.1) is 12.6 Å². The Balaban J connectivity index is 1.41. The topological polar surface area (TPSA) is 50.8 Å². The molecule has 3 aromatic rings. The molecule has 4 rings (SSSR count). The van der Waals surface area contributed by atoms with Gasteiger partial charge in [0.15, 0.2) is 28.3 Å². The third kappa shape index (κ3) is 6.25. The van der Waals surface area contributed by atoms with E-state index in [2.05, 4.69) is 5.32 Å². The number of thiocarbonyl (C=S) groups is 1. The van der Waals surface area contributed by atoms with Crippen molar-refractivity contribution in [3.05, 3.63) is 101 Å². The second kappa shape index (κ2) is 12.1. The number of morpholine rings is 1. The van der Waals surface area contributed by atoms with Crippen molar-refractivity contribution >= 4 is 23.1 Å². The molecule has 1 unspecified atom stereocenters. The Hall–Kier alpha value is -3.36. The molecule has 5 nitrogen and oxygen atoms in total. The molecule has 0 saturated carbocycles. The van der Waals surface area contributed by atoms with Gasteiger partial charge in [0.25, 0.3) is 0 Å². The van der Waals surface area contributed by atoms with Crippen molar-refractivity contribution in [2.75, 3.05) is 26.3 Å². The van der Waals surface area contributed by atoms with E-state index in [9.17, 15) is 13.6 Å². The highest BCUT2D eigenvalue weighted by Crippen LogP contribution is 2.25. The molecule has 1 saturated heterocycles. The van der Waals surface area contributed by atoms with Crippen molar-refractivity contribution in [1.82, 2.24) is 10.2 Å². The van der Waals surface area contributed by atoms with E-state index in [0.29, 0.717) is 24.8 Å². The van der Waals surface area contributed by atoms with E-state index in [-0.39, 0.29) is 30.4 Å². The average molecular weight is 511 g/mol. The van der Waals surface area contributed by atoms with Gasteiger partial charge in [-0.3, -0.25) is 4.79 Å². The molecule has 1 heterocycles. The molecule has 0 amide bonds. The molecule has 0 radical (unpaired) electrons. The van der Waals surface area contributed by atoms with Crippen molar-refractivity contribution in [1.29, 1.82) is 0 Å². The van der Waals surface area contributed by atoms with Crippen molar-refractivity contribution in [3.63, 3.8) is 0 Å². The minimum Gasteiger partial charge on any atom is -0.485 e. The molecule has 1 fully saturated rings. The van der Waals surface area contributed by atoms with Crippen LogP contribution < -0.4 is 10.1 Å². The van der Waals surface area contributed by atoms with Gasteiger partial charge in [0.1, 0.15) is 12.7 Å². The molecule has 0 aromatic heterocycles. The van der Waals surface area contributed by atoms with E-state index in [4.69, 9.17) is 21.7 Å². The van der Waals surface area contributed by atoms with E-state index in [1.54, 1.807) is 6.92 Å². The van der Waals surface area contributed by atoms with Crippen LogP contribution in [0.25, 0.3) is 0 Å². The molecular weight excluding hydrogens is 482 g/mol. The summed E-state index contributed by atoms with van der Waals surface area (Å²) in [7, 11) is 0. The van der Waals surface area contributed by atoms with E-state index in [1.807, 2.05) is 65.6 Å². The van der Waals surface area contributed by atoms with Crippen molar-refractivity contribution in [3.8, 4) is 5.75 Å². The molecule has 1 aliphatic heterocycles. The van der Waals surface area contributed by atoms with Crippen LogP contribution in [0.3, 0.4) is 0 Å². The maximum absolute atomic E-state index is 14.4. The largest absolute Gasteiger partial charge is 0.485 e. The normalized spacial score (nSPS) is 15.6. The average Bonchev–Trinajstić information content (AvgIpc) is 2.91. The predicted molar refractivity (Wildman–Crippen MR) is 138 cm³/mol. The molecule has 1 aliphatic rings. The van der Waals surface area contributed by atoms with Crippen molar-refractivity contribution in [2.45, 2.75) is 25.5 Å². The van der Waals surface area contributed by atoms with Crippen LogP contribution >= 0.6 is 12.2 Å². The summed E-state index contributed by atoms with van der Waals surface area (Å²) >= 11 is 5.74. The summed E-state index contributed by atoms with van der Waals surface area (Å²) < 4.78 is 40.1. The molecule has 188 valence electrons. The van der Waals surface area contributed by atoms with Gasteiger partial charge in [-0.25, -0.2) is 8.78 Å². The Labute approximate surface area is 215 Å². The lowest BCUT2D eigenvalue weighted by Crippen LogP contribution is -2.51. The van der Waals surface area contributed by atoms with Crippen LogP contribution in [0, 0.1) is 11.6 Å². The summed E-state index contributed by atoms with van der Waals surface area (Å²) in [6.45, 7) is 2.95. The zero-order valence-electron chi connectivity index (χ0n) is 20.0. The number of hydrogen-bond acceptors (Lipinski definition) is 4. The highest BCUT2D eigenvalue weighted by atomic mass is 32.1. The number of Topliss-reactive ketones (excluding diaryl/α,β-unsaturated/α-hetero) is 1. The second-order valence-corrected chi connectivity index (χ2v) is 8.89. The maximum atomic E-state index is 14.4. The standard InChI is InChI=1S/C28H28F2N2O3S/c1-2-25(33)21-15-23(29)27(24(30)16-21)35-18-22-17-32(13-14-34-22)28(36)31-26(19-9-5-3-6-10-19)20-11-7-4-8-12-20/h3-12,15-16,22,26H,2,13-14,17-18H2,1H3,(H,31,36). The van der Waals surface area contributed by atoms with Crippen molar-refractivity contribution in [2.24, 2.45) is 0 Å². The van der Waals surface area contributed by atoms with Gasteiger partial charge in [-0.15, -0.1) is 0 Å². The fourth-order valence-corrected chi connectivity index (χ4v) is 4.39. The minimum atomic E-state index is -0.912. The number of benzene rings is 3. The summed E-state index contributed by atoms with van der Waals surface area (Å²) in [5.41, 5.74) is 2.15. The number of nitrogens with one attached hydrogen (secondary N) is 1. The SMILES string of the molecule is CCC(=O)c1cc(F)c(OCC2CN(C(=S)NC(c3ccccc3)c3ccccc3)CCO2)c(F)c1. The van der Waals surface area contributed by atoms with Gasteiger partial charge in [0.2, 0.25) is 0 Å².